The zero-order valence-electron chi connectivity index (χ0n) is 25.6. The average molecular weight is 616 g/mol. The second-order valence-corrected chi connectivity index (χ2v) is 12.0. The summed E-state index contributed by atoms with van der Waals surface area (Å²) in [4.78, 5) is 14.9. The summed E-state index contributed by atoms with van der Waals surface area (Å²) in [5.41, 5.74) is 8.11. The van der Waals surface area contributed by atoms with Gasteiger partial charge in [-0.05, 0) is 46.7 Å². The summed E-state index contributed by atoms with van der Waals surface area (Å²) >= 11 is 0. The number of aromatic nitrogens is 3. The van der Waals surface area contributed by atoms with Gasteiger partial charge in [-0.3, -0.25) is 0 Å². The Hall–Kier alpha value is -6.59. The summed E-state index contributed by atoms with van der Waals surface area (Å²) in [5.74, 6) is 1.84. The minimum absolute atomic E-state index is 0.596. The van der Waals surface area contributed by atoms with Crippen LogP contribution in [0.2, 0.25) is 0 Å². The first-order valence-electron chi connectivity index (χ1n) is 15.9. The van der Waals surface area contributed by atoms with Crippen LogP contribution in [0.1, 0.15) is 0 Å². The molecule has 0 N–H and O–H groups in total. The minimum atomic E-state index is 0.596. The number of benzene rings is 7. The molecule has 0 saturated heterocycles. The molecule has 0 unspecified atom stereocenters. The van der Waals surface area contributed by atoms with E-state index in [1.165, 1.54) is 5.39 Å². The van der Waals surface area contributed by atoms with Gasteiger partial charge in [0, 0.05) is 43.8 Å². The summed E-state index contributed by atoms with van der Waals surface area (Å²) in [6, 6.07) is 51.5. The molecule has 7 aromatic carbocycles. The highest BCUT2D eigenvalue weighted by atomic mass is 16.3. The fourth-order valence-corrected chi connectivity index (χ4v) is 6.90. The van der Waals surface area contributed by atoms with Crippen molar-refractivity contribution in [2.75, 3.05) is 0 Å². The smallest absolute Gasteiger partial charge is 0.164 e. The lowest BCUT2D eigenvalue weighted by molar-refractivity contribution is 0.668. The van der Waals surface area contributed by atoms with E-state index in [2.05, 4.69) is 66.7 Å². The first-order valence-corrected chi connectivity index (χ1v) is 15.9. The molecule has 5 heteroatoms. The van der Waals surface area contributed by atoms with Crippen LogP contribution in [0.15, 0.2) is 160 Å². The molecule has 3 heterocycles. The fraction of sp³-hybridized carbons (Fsp3) is 0. The van der Waals surface area contributed by atoms with Crippen molar-refractivity contribution in [3.8, 4) is 45.3 Å². The third kappa shape index (κ3) is 4.15. The maximum Gasteiger partial charge on any atom is 0.164 e. The van der Waals surface area contributed by atoms with E-state index < -0.39 is 0 Å². The zero-order chi connectivity index (χ0) is 31.6. The highest BCUT2D eigenvalue weighted by Crippen LogP contribution is 2.43. The van der Waals surface area contributed by atoms with Gasteiger partial charge in [0.2, 0.25) is 0 Å². The molecule has 48 heavy (non-hydrogen) atoms. The number of para-hydroxylation sites is 1. The molecule has 0 spiro atoms. The lowest BCUT2D eigenvalue weighted by Gasteiger charge is -2.09. The Labute approximate surface area is 274 Å². The van der Waals surface area contributed by atoms with E-state index in [1.807, 2.05) is 84.9 Å². The van der Waals surface area contributed by atoms with Crippen molar-refractivity contribution in [3.05, 3.63) is 152 Å². The number of fused-ring (bicyclic) bond motifs is 8. The Morgan fingerprint density at radius 1 is 0.354 bits per heavy atom. The predicted molar refractivity (Wildman–Crippen MR) is 194 cm³/mol. The molecule has 0 aliphatic carbocycles. The Morgan fingerprint density at radius 2 is 0.979 bits per heavy atom. The lowest BCUT2D eigenvalue weighted by Crippen LogP contribution is -2.00. The van der Waals surface area contributed by atoms with Gasteiger partial charge < -0.3 is 8.83 Å². The summed E-state index contributed by atoms with van der Waals surface area (Å²) in [7, 11) is 0. The second kappa shape index (κ2) is 10.5. The van der Waals surface area contributed by atoms with E-state index in [-0.39, 0.29) is 0 Å². The van der Waals surface area contributed by atoms with Gasteiger partial charge in [-0.15, -0.1) is 0 Å². The number of nitrogens with zero attached hydrogens (tertiary/aromatic N) is 3. The standard InChI is InChI=1S/C43H25N3O2/c1-3-12-26(13-4-1)41-44-42(27-14-5-2-6-15-27)46-43(45-41)33-19-11-21-36-38(33)32-23-22-29(25-37(32)47-36)34-24-28-16-7-8-17-30(28)39-31-18-9-10-20-35(31)48-40(34)39/h1-25H. The Kier molecular flexibility index (Phi) is 5.81. The lowest BCUT2D eigenvalue weighted by atomic mass is 9.95. The predicted octanol–water partition coefficient (Wildman–Crippen LogP) is 11.5. The zero-order valence-corrected chi connectivity index (χ0v) is 25.6. The first-order chi connectivity index (χ1) is 23.8. The highest BCUT2D eigenvalue weighted by Gasteiger charge is 2.20. The molecule has 10 rings (SSSR count). The fourth-order valence-electron chi connectivity index (χ4n) is 6.90. The van der Waals surface area contributed by atoms with Gasteiger partial charge in [-0.1, -0.05) is 121 Å². The van der Waals surface area contributed by atoms with Gasteiger partial charge >= 0.3 is 0 Å². The van der Waals surface area contributed by atoms with Gasteiger partial charge in [0.1, 0.15) is 22.3 Å². The Balaban J connectivity index is 1.19. The first kappa shape index (κ1) is 26.6. The molecule has 3 aromatic heterocycles. The molecule has 5 nitrogen and oxygen atoms in total. The van der Waals surface area contributed by atoms with E-state index in [0.717, 1.165) is 77.1 Å². The van der Waals surface area contributed by atoms with Gasteiger partial charge in [0.15, 0.2) is 17.5 Å². The van der Waals surface area contributed by atoms with E-state index >= 15 is 0 Å². The van der Waals surface area contributed by atoms with Crippen LogP contribution in [0, 0.1) is 0 Å². The second-order valence-electron chi connectivity index (χ2n) is 12.0. The van der Waals surface area contributed by atoms with Crippen LogP contribution >= 0.6 is 0 Å². The Morgan fingerprint density at radius 3 is 1.75 bits per heavy atom. The van der Waals surface area contributed by atoms with Crippen molar-refractivity contribution >= 4 is 54.6 Å². The maximum absolute atomic E-state index is 6.56. The van der Waals surface area contributed by atoms with Crippen molar-refractivity contribution < 1.29 is 8.83 Å². The number of hydrogen-bond donors (Lipinski definition) is 0. The van der Waals surface area contributed by atoms with Crippen molar-refractivity contribution in [1.82, 2.24) is 15.0 Å². The molecule has 0 saturated carbocycles. The molecule has 224 valence electrons. The van der Waals surface area contributed by atoms with Gasteiger partial charge in [-0.2, -0.15) is 0 Å². The average Bonchev–Trinajstić information content (AvgIpc) is 3.74. The Bertz CT molecular complexity index is 2780. The van der Waals surface area contributed by atoms with Crippen LogP contribution in [-0.4, -0.2) is 15.0 Å². The molecule has 0 fully saturated rings. The van der Waals surface area contributed by atoms with Gasteiger partial charge in [0.05, 0.1) is 0 Å². The van der Waals surface area contributed by atoms with Gasteiger partial charge in [-0.25, -0.2) is 15.0 Å². The van der Waals surface area contributed by atoms with Crippen molar-refractivity contribution in [1.29, 1.82) is 0 Å². The third-order valence-electron chi connectivity index (χ3n) is 9.12. The largest absolute Gasteiger partial charge is 0.456 e. The van der Waals surface area contributed by atoms with E-state index in [0.29, 0.717) is 17.5 Å². The van der Waals surface area contributed by atoms with Crippen molar-refractivity contribution in [3.63, 3.8) is 0 Å². The van der Waals surface area contributed by atoms with Crippen LogP contribution in [-0.2, 0) is 0 Å². The molecule has 0 aliphatic rings. The van der Waals surface area contributed by atoms with Crippen LogP contribution in [0.3, 0.4) is 0 Å². The molecule has 0 atom stereocenters. The summed E-state index contributed by atoms with van der Waals surface area (Å²) in [6.07, 6.45) is 0. The third-order valence-corrected chi connectivity index (χ3v) is 9.12. The molecule has 0 amide bonds. The monoisotopic (exact) mass is 615 g/mol. The normalized spacial score (nSPS) is 11.8. The van der Waals surface area contributed by atoms with Crippen LogP contribution in [0.5, 0.6) is 0 Å². The number of furan rings is 2. The van der Waals surface area contributed by atoms with Gasteiger partial charge in [0.25, 0.3) is 0 Å². The molecule has 0 aliphatic heterocycles. The number of hydrogen-bond acceptors (Lipinski definition) is 5. The molecular formula is C43H25N3O2. The topological polar surface area (TPSA) is 65.0 Å². The number of rotatable bonds is 4. The SMILES string of the molecule is c1ccc(-c2nc(-c3ccccc3)nc(-c3cccc4oc5cc(-c6cc7ccccc7c7c6oc6ccccc67)ccc5c34)n2)cc1. The van der Waals surface area contributed by atoms with Crippen LogP contribution in [0.25, 0.3) is 99.9 Å². The molecule has 0 radical (unpaired) electrons. The molecule has 0 bridgehead atoms. The summed E-state index contributed by atoms with van der Waals surface area (Å²) in [5, 5.41) is 6.55. The van der Waals surface area contributed by atoms with Crippen molar-refractivity contribution in [2.24, 2.45) is 0 Å². The van der Waals surface area contributed by atoms with Crippen LogP contribution in [0.4, 0.5) is 0 Å². The quantitative estimate of drug-likeness (QED) is 0.197. The minimum Gasteiger partial charge on any atom is -0.456 e. The molecule has 10 aromatic rings. The highest BCUT2D eigenvalue weighted by molar-refractivity contribution is 6.23. The van der Waals surface area contributed by atoms with Crippen LogP contribution < -0.4 is 0 Å². The molecular weight excluding hydrogens is 590 g/mol. The van der Waals surface area contributed by atoms with Crippen molar-refractivity contribution in [2.45, 2.75) is 0 Å². The van der Waals surface area contributed by atoms with E-state index in [9.17, 15) is 0 Å². The summed E-state index contributed by atoms with van der Waals surface area (Å²) in [6.45, 7) is 0. The van der Waals surface area contributed by atoms with E-state index in [1.54, 1.807) is 0 Å². The maximum atomic E-state index is 6.56. The summed E-state index contributed by atoms with van der Waals surface area (Å²) < 4.78 is 13.1. The van der Waals surface area contributed by atoms with E-state index in [4.69, 9.17) is 23.8 Å².